The van der Waals surface area contributed by atoms with E-state index in [4.69, 9.17) is 10.5 Å². The fraction of sp³-hybridized carbons (Fsp3) is 1.00. The number of piperidine rings is 1. The second-order valence-electron chi connectivity index (χ2n) is 6.44. The molecule has 0 amide bonds. The summed E-state index contributed by atoms with van der Waals surface area (Å²) in [5, 5.41) is 0. The monoisotopic (exact) mass is 269 g/mol. The van der Waals surface area contributed by atoms with Crippen molar-refractivity contribution in [2.45, 2.75) is 31.7 Å². The van der Waals surface area contributed by atoms with E-state index in [1.54, 1.807) is 0 Å². The summed E-state index contributed by atoms with van der Waals surface area (Å²) >= 11 is 0. The van der Waals surface area contributed by atoms with Crippen LogP contribution in [0.25, 0.3) is 0 Å². The van der Waals surface area contributed by atoms with Crippen molar-refractivity contribution in [3.63, 3.8) is 0 Å². The molecule has 2 saturated heterocycles. The third-order valence-electron chi connectivity index (χ3n) is 5.00. The molecule has 0 aromatic rings. The number of rotatable bonds is 5. The van der Waals surface area contributed by atoms with Gasteiger partial charge in [-0.15, -0.1) is 0 Å². The van der Waals surface area contributed by atoms with Gasteiger partial charge in [-0.3, -0.25) is 0 Å². The van der Waals surface area contributed by atoms with Crippen molar-refractivity contribution in [3.8, 4) is 0 Å². The molecule has 2 rings (SSSR count). The van der Waals surface area contributed by atoms with Gasteiger partial charge in [-0.25, -0.2) is 0 Å². The van der Waals surface area contributed by atoms with Gasteiger partial charge in [0.05, 0.1) is 0 Å². The lowest BCUT2D eigenvalue weighted by atomic mass is 9.89. The van der Waals surface area contributed by atoms with Crippen LogP contribution >= 0.6 is 0 Å². The summed E-state index contributed by atoms with van der Waals surface area (Å²) in [6.45, 7) is 6.35. The largest absolute Gasteiger partial charge is 0.381 e. The molecule has 0 aromatic heterocycles. The van der Waals surface area contributed by atoms with Crippen LogP contribution in [0, 0.1) is 11.8 Å². The quantitative estimate of drug-likeness (QED) is 0.809. The lowest BCUT2D eigenvalue weighted by molar-refractivity contribution is 0.0280. The number of likely N-dealkylation sites (N-methyl/N-ethyl adjacent to an activating group) is 1. The highest BCUT2D eigenvalue weighted by atomic mass is 16.5. The lowest BCUT2D eigenvalue weighted by Gasteiger charge is -2.39. The second-order valence-corrected chi connectivity index (χ2v) is 6.44. The molecule has 1 atom stereocenters. The van der Waals surface area contributed by atoms with E-state index < -0.39 is 0 Å². The summed E-state index contributed by atoms with van der Waals surface area (Å²) in [5.41, 5.74) is 6.04. The van der Waals surface area contributed by atoms with E-state index in [1.807, 2.05) is 0 Å². The SMILES string of the molecule is CN1CCC(CN(C)C(CN)C2CCOCC2)CC1. The smallest absolute Gasteiger partial charge is 0.0469 e. The topological polar surface area (TPSA) is 41.7 Å². The Balaban J connectivity index is 1.80. The number of nitrogens with zero attached hydrogens (tertiary/aromatic N) is 2. The molecule has 19 heavy (non-hydrogen) atoms. The first-order valence-corrected chi connectivity index (χ1v) is 7.87. The Bertz CT molecular complexity index is 248. The highest BCUT2D eigenvalue weighted by Crippen LogP contribution is 2.24. The molecule has 112 valence electrons. The first-order valence-electron chi connectivity index (χ1n) is 7.87. The number of likely N-dealkylation sites (tertiary alicyclic amines) is 1. The third kappa shape index (κ3) is 4.42. The average Bonchev–Trinajstić information content (AvgIpc) is 2.43. The zero-order chi connectivity index (χ0) is 13.7. The van der Waals surface area contributed by atoms with Crippen LogP contribution < -0.4 is 5.73 Å². The Kier molecular flexibility index (Phi) is 6.07. The van der Waals surface area contributed by atoms with Crippen molar-refractivity contribution in [2.24, 2.45) is 17.6 Å². The van der Waals surface area contributed by atoms with Gasteiger partial charge in [0.15, 0.2) is 0 Å². The lowest BCUT2D eigenvalue weighted by Crippen LogP contribution is -2.48. The van der Waals surface area contributed by atoms with Gasteiger partial charge >= 0.3 is 0 Å². The predicted octanol–water partition coefficient (Wildman–Crippen LogP) is 1.01. The van der Waals surface area contributed by atoms with Crippen molar-refractivity contribution < 1.29 is 4.74 Å². The number of ether oxygens (including phenoxy) is 1. The van der Waals surface area contributed by atoms with Crippen LogP contribution in [0.5, 0.6) is 0 Å². The zero-order valence-corrected chi connectivity index (χ0v) is 12.7. The Morgan fingerprint density at radius 2 is 1.84 bits per heavy atom. The maximum absolute atomic E-state index is 6.04. The summed E-state index contributed by atoms with van der Waals surface area (Å²) in [6, 6.07) is 0.545. The molecule has 0 radical (unpaired) electrons. The molecule has 0 aromatic carbocycles. The van der Waals surface area contributed by atoms with E-state index in [2.05, 4.69) is 23.9 Å². The number of hydrogen-bond acceptors (Lipinski definition) is 4. The molecule has 4 heteroatoms. The van der Waals surface area contributed by atoms with E-state index in [0.29, 0.717) is 6.04 Å². The van der Waals surface area contributed by atoms with Gasteiger partial charge in [0, 0.05) is 32.3 Å². The molecule has 1 unspecified atom stereocenters. The first kappa shape index (κ1) is 15.2. The molecule has 0 saturated carbocycles. The molecule has 0 aliphatic carbocycles. The highest BCUT2D eigenvalue weighted by Gasteiger charge is 2.28. The van der Waals surface area contributed by atoms with E-state index >= 15 is 0 Å². The first-order chi connectivity index (χ1) is 9.20. The molecule has 2 N–H and O–H groups in total. The van der Waals surface area contributed by atoms with Crippen molar-refractivity contribution >= 4 is 0 Å². The molecule has 4 nitrogen and oxygen atoms in total. The second kappa shape index (κ2) is 7.58. The molecule has 2 heterocycles. The van der Waals surface area contributed by atoms with Crippen LogP contribution in [0.4, 0.5) is 0 Å². The van der Waals surface area contributed by atoms with Crippen molar-refractivity contribution in [3.05, 3.63) is 0 Å². The Morgan fingerprint density at radius 3 is 2.42 bits per heavy atom. The highest BCUT2D eigenvalue weighted by molar-refractivity contribution is 4.82. The maximum atomic E-state index is 6.04. The predicted molar refractivity (Wildman–Crippen MR) is 79.2 cm³/mol. The fourth-order valence-electron chi connectivity index (χ4n) is 3.62. The molecule has 2 aliphatic heterocycles. The van der Waals surface area contributed by atoms with Crippen molar-refractivity contribution in [1.82, 2.24) is 9.80 Å². The minimum absolute atomic E-state index is 0.545. The van der Waals surface area contributed by atoms with Gasteiger partial charge in [0.2, 0.25) is 0 Å². The summed E-state index contributed by atoms with van der Waals surface area (Å²) in [5.74, 6) is 1.59. The van der Waals surface area contributed by atoms with Crippen LogP contribution in [-0.2, 0) is 4.74 Å². The Morgan fingerprint density at radius 1 is 1.21 bits per heavy atom. The normalized spacial score (nSPS) is 25.9. The number of nitrogens with two attached hydrogens (primary N) is 1. The van der Waals surface area contributed by atoms with Gasteiger partial charge < -0.3 is 20.3 Å². The maximum Gasteiger partial charge on any atom is 0.0469 e. The molecular formula is C15H31N3O. The van der Waals surface area contributed by atoms with Crippen LogP contribution in [0.15, 0.2) is 0 Å². The van der Waals surface area contributed by atoms with E-state index in [1.165, 1.54) is 45.3 Å². The third-order valence-corrected chi connectivity index (χ3v) is 5.00. The van der Waals surface area contributed by atoms with Crippen molar-refractivity contribution in [2.75, 3.05) is 53.5 Å². The molecular weight excluding hydrogens is 238 g/mol. The molecule has 0 spiro atoms. The average molecular weight is 269 g/mol. The van der Waals surface area contributed by atoms with Crippen LogP contribution in [0.3, 0.4) is 0 Å². The van der Waals surface area contributed by atoms with Gasteiger partial charge in [-0.2, -0.15) is 0 Å². The molecule has 2 fully saturated rings. The van der Waals surface area contributed by atoms with E-state index in [9.17, 15) is 0 Å². The number of hydrogen-bond donors (Lipinski definition) is 1. The molecule has 2 aliphatic rings. The zero-order valence-electron chi connectivity index (χ0n) is 12.7. The molecule has 0 bridgehead atoms. The van der Waals surface area contributed by atoms with Crippen LogP contribution in [0.2, 0.25) is 0 Å². The Labute approximate surface area is 118 Å². The minimum atomic E-state index is 0.545. The summed E-state index contributed by atoms with van der Waals surface area (Å²) < 4.78 is 5.47. The fourth-order valence-corrected chi connectivity index (χ4v) is 3.62. The van der Waals surface area contributed by atoms with E-state index in [0.717, 1.165) is 31.6 Å². The van der Waals surface area contributed by atoms with E-state index in [-0.39, 0.29) is 0 Å². The standard InChI is InChI=1S/C15H31N3O/c1-17-7-3-13(4-8-17)12-18(2)15(11-16)14-5-9-19-10-6-14/h13-15H,3-12,16H2,1-2H3. The van der Waals surface area contributed by atoms with Gasteiger partial charge in [0.1, 0.15) is 0 Å². The minimum Gasteiger partial charge on any atom is -0.381 e. The van der Waals surface area contributed by atoms with Crippen molar-refractivity contribution in [1.29, 1.82) is 0 Å². The van der Waals surface area contributed by atoms with Gasteiger partial charge in [-0.05, 0) is 64.7 Å². The van der Waals surface area contributed by atoms with Crippen LogP contribution in [-0.4, -0.2) is 69.3 Å². The Hall–Kier alpha value is -0.160. The summed E-state index contributed by atoms with van der Waals surface area (Å²) in [7, 11) is 4.50. The summed E-state index contributed by atoms with van der Waals surface area (Å²) in [4.78, 5) is 4.97. The van der Waals surface area contributed by atoms with Gasteiger partial charge in [-0.1, -0.05) is 0 Å². The van der Waals surface area contributed by atoms with Crippen LogP contribution in [0.1, 0.15) is 25.7 Å². The van der Waals surface area contributed by atoms with Gasteiger partial charge in [0.25, 0.3) is 0 Å². The summed E-state index contributed by atoms with van der Waals surface area (Å²) in [6.07, 6.45) is 5.04.